The van der Waals surface area contributed by atoms with Gasteiger partial charge in [0.15, 0.2) is 0 Å². The van der Waals surface area contributed by atoms with Gasteiger partial charge in [0.1, 0.15) is 17.8 Å². The fourth-order valence-electron chi connectivity index (χ4n) is 4.20. The summed E-state index contributed by atoms with van der Waals surface area (Å²) in [4.78, 5) is 38.1. The molecule has 0 aliphatic heterocycles. The summed E-state index contributed by atoms with van der Waals surface area (Å²) in [6.45, 7) is 3.69. The molecule has 7 nitrogen and oxygen atoms in total. The summed E-state index contributed by atoms with van der Waals surface area (Å²) in [7, 11) is 1.27. The van der Waals surface area contributed by atoms with Gasteiger partial charge >= 0.3 is 5.97 Å². The van der Waals surface area contributed by atoms with Crippen molar-refractivity contribution in [3.05, 3.63) is 42.5 Å². The minimum atomic E-state index is -0.912. The minimum absolute atomic E-state index is 0.0416. The zero-order valence-corrected chi connectivity index (χ0v) is 19.0. The molecule has 1 saturated carbocycles. The number of carbonyl (C=O) groups excluding carboxylic acids is 3. The maximum absolute atomic E-state index is 13.2. The number of phenols is 1. The summed E-state index contributed by atoms with van der Waals surface area (Å²) in [6.07, 6.45) is 9.74. The van der Waals surface area contributed by atoms with Crippen LogP contribution in [-0.2, 0) is 25.5 Å². The zero-order valence-electron chi connectivity index (χ0n) is 19.0. The Morgan fingerprint density at radius 1 is 1.19 bits per heavy atom. The maximum atomic E-state index is 13.2. The molecule has 0 bridgehead atoms. The van der Waals surface area contributed by atoms with Crippen LogP contribution in [-0.4, -0.2) is 42.1 Å². The second-order valence-electron chi connectivity index (χ2n) is 8.44. The average Bonchev–Trinajstić information content (AvgIpc) is 2.80. The van der Waals surface area contributed by atoms with E-state index in [0.717, 1.165) is 51.4 Å². The van der Waals surface area contributed by atoms with Crippen molar-refractivity contribution in [2.24, 2.45) is 5.92 Å². The number of ether oxygens (including phenoxy) is 1. The number of rotatable bonds is 12. The summed E-state index contributed by atoms with van der Waals surface area (Å²) in [5.41, 5.74) is 0.696. The number of hydrogen-bond acceptors (Lipinski definition) is 5. The van der Waals surface area contributed by atoms with Crippen LogP contribution in [0.15, 0.2) is 36.9 Å². The Kier molecular flexibility index (Phi) is 10.8. The van der Waals surface area contributed by atoms with E-state index in [9.17, 15) is 19.5 Å². The second-order valence-corrected chi connectivity index (χ2v) is 8.44. The lowest BCUT2D eigenvalue weighted by molar-refractivity contribution is -0.145. The number of carbonyl (C=O) groups is 3. The lowest BCUT2D eigenvalue weighted by atomic mass is 9.83. The third-order valence-electron chi connectivity index (χ3n) is 5.93. The number of aromatic hydroxyl groups is 1. The van der Waals surface area contributed by atoms with E-state index in [4.69, 9.17) is 4.74 Å². The van der Waals surface area contributed by atoms with E-state index in [1.54, 1.807) is 24.3 Å². The highest BCUT2D eigenvalue weighted by molar-refractivity contribution is 5.91. The Morgan fingerprint density at radius 2 is 1.94 bits per heavy atom. The molecule has 2 amide bonds. The van der Waals surface area contributed by atoms with Crippen molar-refractivity contribution >= 4 is 17.8 Å². The third-order valence-corrected chi connectivity index (χ3v) is 5.93. The Hall–Kier alpha value is -2.83. The molecule has 0 spiro atoms. The molecular weight excluding hydrogens is 408 g/mol. The molecule has 2 atom stereocenters. The van der Waals surface area contributed by atoms with Gasteiger partial charge in [-0.15, -0.1) is 6.58 Å². The molecule has 3 N–H and O–H groups in total. The lowest BCUT2D eigenvalue weighted by Crippen LogP contribution is -2.55. The molecule has 0 aromatic heterocycles. The number of nitrogens with one attached hydrogen (secondary N) is 2. The topological polar surface area (TPSA) is 105 Å². The molecule has 0 radical (unpaired) electrons. The highest BCUT2D eigenvalue weighted by Crippen LogP contribution is 2.27. The van der Waals surface area contributed by atoms with Crippen LogP contribution in [0.3, 0.4) is 0 Å². The zero-order chi connectivity index (χ0) is 23.3. The number of benzene rings is 1. The first-order chi connectivity index (χ1) is 15.4. The van der Waals surface area contributed by atoms with Crippen molar-refractivity contribution < 1.29 is 24.2 Å². The van der Waals surface area contributed by atoms with Crippen molar-refractivity contribution in [2.45, 2.75) is 76.3 Å². The SMILES string of the molecule is C=CCCCCC(=O)NC(C(=O)NC(Cc1cccc(O)c1)C(=O)OC)C1CCCCC1. The quantitative estimate of drug-likeness (QED) is 0.260. The van der Waals surface area contributed by atoms with Gasteiger partial charge in [-0.2, -0.15) is 0 Å². The Bertz CT molecular complexity index is 773. The molecule has 1 aromatic rings. The maximum Gasteiger partial charge on any atom is 0.328 e. The molecule has 176 valence electrons. The molecule has 7 heteroatoms. The van der Waals surface area contributed by atoms with E-state index in [-0.39, 0.29) is 29.9 Å². The molecule has 1 fully saturated rings. The molecule has 1 aliphatic rings. The summed E-state index contributed by atoms with van der Waals surface area (Å²) >= 11 is 0. The van der Waals surface area contributed by atoms with Crippen LogP contribution < -0.4 is 10.6 Å². The Balaban J connectivity index is 2.09. The van der Waals surface area contributed by atoms with Crippen LogP contribution in [0, 0.1) is 5.92 Å². The van der Waals surface area contributed by atoms with Gasteiger partial charge in [-0.25, -0.2) is 4.79 Å². The number of hydrogen-bond donors (Lipinski definition) is 3. The van der Waals surface area contributed by atoms with Crippen molar-refractivity contribution in [1.82, 2.24) is 10.6 Å². The van der Waals surface area contributed by atoms with Crippen LogP contribution in [0.2, 0.25) is 0 Å². The molecule has 2 unspecified atom stereocenters. The molecule has 32 heavy (non-hydrogen) atoms. The monoisotopic (exact) mass is 444 g/mol. The highest BCUT2D eigenvalue weighted by Gasteiger charge is 2.33. The normalized spacial score (nSPS) is 15.9. The van der Waals surface area contributed by atoms with Gasteiger partial charge < -0.3 is 20.5 Å². The van der Waals surface area contributed by atoms with Crippen molar-refractivity contribution in [1.29, 1.82) is 0 Å². The van der Waals surface area contributed by atoms with Crippen molar-refractivity contribution in [3.63, 3.8) is 0 Å². The van der Waals surface area contributed by atoms with Gasteiger partial charge in [-0.3, -0.25) is 9.59 Å². The van der Waals surface area contributed by atoms with Crippen molar-refractivity contribution in [3.8, 4) is 5.75 Å². The molecule has 0 heterocycles. The van der Waals surface area contributed by atoms with Crippen LogP contribution in [0.25, 0.3) is 0 Å². The summed E-state index contributed by atoms with van der Waals surface area (Å²) in [6, 6.07) is 4.94. The molecule has 1 aliphatic carbocycles. The van der Waals surface area contributed by atoms with E-state index in [0.29, 0.717) is 12.0 Å². The van der Waals surface area contributed by atoms with E-state index < -0.39 is 18.1 Å². The molecule has 1 aromatic carbocycles. The predicted molar refractivity (Wildman–Crippen MR) is 123 cm³/mol. The van der Waals surface area contributed by atoms with Crippen LogP contribution in [0.5, 0.6) is 5.75 Å². The number of esters is 1. The molecule has 2 rings (SSSR count). The first-order valence-electron chi connectivity index (χ1n) is 11.5. The van der Waals surface area contributed by atoms with E-state index in [1.807, 2.05) is 6.08 Å². The number of unbranched alkanes of at least 4 members (excludes halogenated alkanes) is 2. The summed E-state index contributed by atoms with van der Waals surface area (Å²) < 4.78 is 4.89. The van der Waals surface area contributed by atoms with Gasteiger partial charge in [0.05, 0.1) is 7.11 Å². The fourth-order valence-corrected chi connectivity index (χ4v) is 4.20. The van der Waals surface area contributed by atoms with E-state index >= 15 is 0 Å². The molecular formula is C25H36N2O5. The Labute approximate surface area is 190 Å². The largest absolute Gasteiger partial charge is 0.508 e. The van der Waals surface area contributed by atoms with Gasteiger partial charge in [0.2, 0.25) is 11.8 Å². The van der Waals surface area contributed by atoms with Crippen LogP contribution >= 0.6 is 0 Å². The van der Waals surface area contributed by atoms with Gasteiger partial charge in [0, 0.05) is 12.8 Å². The van der Waals surface area contributed by atoms with Gasteiger partial charge in [-0.1, -0.05) is 37.5 Å². The number of phenolic OH excluding ortho intramolecular Hbond substituents is 1. The van der Waals surface area contributed by atoms with Gasteiger partial charge in [0.25, 0.3) is 0 Å². The van der Waals surface area contributed by atoms with E-state index in [1.165, 1.54) is 7.11 Å². The first-order valence-corrected chi connectivity index (χ1v) is 11.5. The molecule has 0 saturated heterocycles. The minimum Gasteiger partial charge on any atom is -0.508 e. The Morgan fingerprint density at radius 3 is 2.59 bits per heavy atom. The van der Waals surface area contributed by atoms with Crippen LogP contribution in [0.4, 0.5) is 0 Å². The highest BCUT2D eigenvalue weighted by atomic mass is 16.5. The van der Waals surface area contributed by atoms with E-state index in [2.05, 4.69) is 17.2 Å². The number of allylic oxidation sites excluding steroid dienone is 1. The lowest BCUT2D eigenvalue weighted by Gasteiger charge is -2.31. The number of methoxy groups -OCH3 is 1. The van der Waals surface area contributed by atoms with Gasteiger partial charge in [-0.05, 0) is 55.7 Å². The predicted octanol–water partition coefficient (Wildman–Crippen LogP) is 3.40. The average molecular weight is 445 g/mol. The standard InChI is InChI=1S/C25H36N2O5/c1-3-4-5-9-15-22(29)27-23(19-12-7-6-8-13-19)24(30)26-21(25(31)32-2)17-18-11-10-14-20(28)16-18/h3,10-11,14,16,19,21,23,28H,1,4-9,12-13,15,17H2,2H3,(H,26,30)(H,27,29). The number of amides is 2. The second kappa shape index (κ2) is 13.6. The van der Waals surface area contributed by atoms with Crippen LogP contribution in [0.1, 0.15) is 63.4 Å². The summed E-state index contributed by atoms with van der Waals surface area (Å²) in [5.74, 6) is -0.963. The smallest absolute Gasteiger partial charge is 0.328 e. The summed E-state index contributed by atoms with van der Waals surface area (Å²) in [5, 5.41) is 15.4. The van der Waals surface area contributed by atoms with Crippen molar-refractivity contribution in [2.75, 3.05) is 7.11 Å². The third kappa shape index (κ3) is 8.36. The fraction of sp³-hybridized carbons (Fsp3) is 0.560. The first kappa shape index (κ1) is 25.4.